The van der Waals surface area contributed by atoms with Gasteiger partial charge in [0, 0.05) is 19.1 Å². The average Bonchev–Trinajstić information content (AvgIpc) is 3.05. The molecule has 0 aromatic rings. The number of likely N-dealkylation sites (tertiary alicyclic amines) is 1. The van der Waals surface area contributed by atoms with Crippen LogP contribution in [0, 0.1) is 11.3 Å². The first-order valence-electron chi connectivity index (χ1n) is 7.75. The van der Waals surface area contributed by atoms with Crippen molar-refractivity contribution in [1.82, 2.24) is 10.2 Å². The molecule has 0 bridgehead atoms. The molecule has 2 rings (SSSR count). The minimum absolute atomic E-state index is 0.0891. The molecule has 5 heteroatoms. The normalized spacial score (nSPS) is 28.6. The fraction of sp³-hybridized carbons (Fsp3) is 0.867. The lowest BCUT2D eigenvalue weighted by Gasteiger charge is -2.27. The van der Waals surface area contributed by atoms with E-state index in [0.29, 0.717) is 25.4 Å². The highest BCUT2D eigenvalue weighted by atomic mass is 16.4. The molecule has 1 aliphatic carbocycles. The van der Waals surface area contributed by atoms with Crippen molar-refractivity contribution in [3.05, 3.63) is 0 Å². The third kappa shape index (κ3) is 3.07. The SMILES string of the molecule is CCC(NC(=O)N1CCC(C)(C(=O)O)C1)C1CCCC1. The molecular weight excluding hydrogens is 256 g/mol. The summed E-state index contributed by atoms with van der Waals surface area (Å²) >= 11 is 0. The Labute approximate surface area is 120 Å². The van der Waals surface area contributed by atoms with E-state index in [-0.39, 0.29) is 12.1 Å². The number of carboxylic acid groups (broad SMARTS) is 1. The van der Waals surface area contributed by atoms with Crippen molar-refractivity contribution in [2.45, 2.75) is 58.4 Å². The summed E-state index contributed by atoms with van der Waals surface area (Å²) < 4.78 is 0. The summed E-state index contributed by atoms with van der Waals surface area (Å²) in [5, 5.41) is 12.3. The second-order valence-corrected chi connectivity index (χ2v) is 6.55. The number of carboxylic acids is 1. The van der Waals surface area contributed by atoms with E-state index in [1.54, 1.807) is 11.8 Å². The van der Waals surface area contributed by atoms with E-state index >= 15 is 0 Å². The summed E-state index contributed by atoms with van der Waals surface area (Å²) in [5.41, 5.74) is -0.785. The summed E-state index contributed by atoms with van der Waals surface area (Å²) in [6.07, 6.45) is 6.41. The second kappa shape index (κ2) is 6.02. The third-order valence-electron chi connectivity index (χ3n) is 4.99. The minimum atomic E-state index is -0.810. The maximum absolute atomic E-state index is 12.3. The molecule has 1 aliphatic heterocycles. The smallest absolute Gasteiger partial charge is 0.317 e. The molecule has 1 saturated carbocycles. The molecule has 1 heterocycles. The molecule has 5 nitrogen and oxygen atoms in total. The highest BCUT2D eigenvalue weighted by molar-refractivity contribution is 5.79. The quantitative estimate of drug-likeness (QED) is 0.832. The van der Waals surface area contributed by atoms with Crippen LogP contribution in [0.1, 0.15) is 52.4 Å². The number of nitrogens with one attached hydrogen (secondary N) is 1. The maximum Gasteiger partial charge on any atom is 0.317 e. The second-order valence-electron chi connectivity index (χ2n) is 6.55. The summed E-state index contributed by atoms with van der Waals surface area (Å²) in [6.45, 7) is 4.68. The van der Waals surface area contributed by atoms with Crippen LogP contribution in [0.3, 0.4) is 0 Å². The van der Waals surface area contributed by atoms with Crippen molar-refractivity contribution < 1.29 is 14.7 Å². The zero-order chi connectivity index (χ0) is 14.8. The number of hydrogen-bond donors (Lipinski definition) is 2. The molecular formula is C15H26N2O3. The first kappa shape index (κ1) is 15.1. The summed E-state index contributed by atoms with van der Waals surface area (Å²) in [7, 11) is 0. The van der Waals surface area contributed by atoms with Gasteiger partial charge in [-0.05, 0) is 38.5 Å². The fourth-order valence-corrected chi connectivity index (χ4v) is 3.47. The van der Waals surface area contributed by atoms with Crippen LogP contribution in [0.4, 0.5) is 4.79 Å². The molecule has 0 aromatic heterocycles. The maximum atomic E-state index is 12.3. The Bertz CT molecular complexity index is 379. The third-order valence-corrected chi connectivity index (χ3v) is 4.99. The van der Waals surface area contributed by atoms with Crippen LogP contribution < -0.4 is 5.32 Å². The number of carbonyl (C=O) groups excluding carboxylic acids is 1. The number of carbonyl (C=O) groups is 2. The van der Waals surface area contributed by atoms with Gasteiger partial charge in [0.25, 0.3) is 0 Å². The zero-order valence-corrected chi connectivity index (χ0v) is 12.5. The van der Waals surface area contributed by atoms with E-state index in [1.807, 2.05) is 0 Å². The fourth-order valence-electron chi connectivity index (χ4n) is 3.47. The monoisotopic (exact) mass is 282 g/mol. The van der Waals surface area contributed by atoms with Gasteiger partial charge in [-0.25, -0.2) is 4.79 Å². The van der Waals surface area contributed by atoms with Crippen LogP contribution in [-0.4, -0.2) is 41.1 Å². The van der Waals surface area contributed by atoms with Gasteiger partial charge in [-0.3, -0.25) is 4.79 Å². The lowest BCUT2D eigenvalue weighted by Crippen LogP contribution is -2.47. The van der Waals surface area contributed by atoms with Crippen molar-refractivity contribution >= 4 is 12.0 Å². The summed E-state index contributed by atoms with van der Waals surface area (Å²) in [5.74, 6) is -0.215. The van der Waals surface area contributed by atoms with Gasteiger partial charge in [-0.1, -0.05) is 19.8 Å². The molecule has 2 amide bonds. The van der Waals surface area contributed by atoms with Gasteiger partial charge < -0.3 is 15.3 Å². The van der Waals surface area contributed by atoms with Crippen molar-refractivity contribution in [3.8, 4) is 0 Å². The Kier molecular flexibility index (Phi) is 4.55. The molecule has 0 radical (unpaired) electrons. The molecule has 2 N–H and O–H groups in total. The van der Waals surface area contributed by atoms with Crippen LogP contribution in [-0.2, 0) is 4.79 Å². The van der Waals surface area contributed by atoms with Crippen LogP contribution in [0.15, 0.2) is 0 Å². The van der Waals surface area contributed by atoms with E-state index < -0.39 is 11.4 Å². The van der Waals surface area contributed by atoms with E-state index in [0.717, 1.165) is 6.42 Å². The predicted molar refractivity (Wildman–Crippen MR) is 76.5 cm³/mol. The van der Waals surface area contributed by atoms with Gasteiger partial charge in [-0.2, -0.15) is 0 Å². The molecule has 0 aromatic carbocycles. The lowest BCUT2D eigenvalue weighted by atomic mass is 9.90. The van der Waals surface area contributed by atoms with Crippen molar-refractivity contribution in [1.29, 1.82) is 0 Å². The first-order chi connectivity index (χ1) is 9.46. The highest BCUT2D eigenvalue weighted by Gasteiger charge is 2.42. The van der Waals surface area contributed by atoms with Crippen LogP contribution >= 0.6 is 0 Å². The van der Waals surface area contributed by atoms with Gasteiger partial charge in [0.2, 0.25) is 0 Å². The Morgan fingerprint density at radius 2 is 2.05 bits per heavy atom. The number of urea groups is 1. The van der Waals surface area contributed by atoms with Crippen LogP contribution in [0.5, 0.6) is 0 Å². The van der Waals surface area contributed by atoms with Gasteiger partial charge in [0.1, 0.15) is 0 Å². The molecule has 20 heavy (non-hydrogen) atoms. The average molecular weight is 282 g/mol. The molecule has 2 aliphatic rings. The van der Waals surface area contributed by atoms with Crippen LogP contribution in [0.2, 0.25) is 0 Å². The Morgan fingerprint density at radius 3 is 2.55 bits per heavy atom. The van der Waals surface area contributed by atoms with Gasteiger partial charge in [0.15, 0.2) is 0 Å². The number of amides is 2. The molecule has 114 valence electrons. The topological polar surface area (TPSA) is 69.6 Å². The van der Waals surface area contributed by atoms with Gasteiger partial charge in [0.05, 0.1) is 5.41 Å². The molecule has 2 atom stereocenters. The van der Waals surface area contributed by atoms with E-state index in [1.165, 1.54) is 25.7 Å². The number of nitrogens with zero attached hydrogens (tertiary/aromatic N) is 1. The predicted octanol–water partition coefficient (Wildman–Crippen LogP) is 2.46. The number of rotatable bonds is 4. The van der Waals surface area contributed by atoms with Crippen molar-refractivity contribution in [2.75, 3.05) is 13.1 Å². The van der Waals surface area contributed by atoms with Gasteiger partial charge in [-0.15, -0.1) is 0 Å². The minimum Gasteiger partial charge on any atom is -0.481 e. The standard InChI is InChI=1S/C15H26N2O3/c1-3-12(11-6-4-5-7-11)16-14(20)17-9-8-15(2,10-17)13(18)19/h11-12H,3-10H2,1-2H3,(H,16,20)(H,18,19). The van der Waals surface area contributed by atoms with Crippen LogP contribution in [0.25, 0.3) is 0 Å². The first-order valence-corrected chi connectivity index (χ1v) is 7.75. The molecule has 2 fully saturated rings. The molecule has 1 saturated heterocycles. The molecule has 2 unspecified atom stereocenters. The summed E-state index contributed by atoms with van der Waals surface area (Å²) in [6, 6.07) is 0.149. The van der Waals surface area contributed by atoms with E-state index in [4.69, 9.17) is 0 Å². The van der Waals surface area contributed by atoms with Gasteiger partial charge >= 0.3 is 12.0 Å². The number of aliphatic carboxylic acids is 1. The van der Waals surface area contributed by atoms with E-state index in [9.17, 15) is 14.7 Å². The highest BCUT2D eigenvalue weighted by Crippen LogP contribution is 2.31. The van der Waals surface area contributed by atoms with Crippen molar-refractivity contribution in [3.63, 3.8) is 0 Å². The van der Waals surface area contributed by atoms with Crippen molar-refractivity contribution in [2.24, 2.45) is 11.3 Å². The Hall–Kier alpha value is -1.26. The molecule has 0 spiro atoms. The summed E-state index contributed by atoms with van der Waals surface area (Å²) in [4.78, 5) is 25.2. The Morgan fingerprint density at radius 1 is 1.40 bits per heavy atom. The number of hydrogen-bond acceptors (Lipinski definition) is 2. The zero-order valence-electron chi connectivity index (χ0n) is 12.5. The van der Waals surface area contributed by atoms with E-state index in [2.05, 4.69) is 12.2 Å². The lowest BCUT2D eigenvalue weighted by molar-refractivity contribution is -0.147. The largest absolute Gasteiger partial charge is 0.481 e. The Balaban J connectivity index is 1.90.